The first kappa shape index (κ1) is 23.4. The molecule has 34 heavy (non-hydrogen) atoms. The highest BCUT2D eigenvalue weighted by atomic mass is 19.1. The summed E-state index contributed by atoms with van der Waals surface area (Å²) in [5.41, 5.74) is 2.51. The van der Waals surface area contributed by atoms with Gasteiger partial charge in [0.1, 0.15) is 17.5 Å². The molecule has 0 bridgehead atoms. The van der Waals surface area contributed by atoms with E-state index in [9.17, 15) is 14.0 Å². The Balaban J connectivity index is 1.73. The minimum Gasteiger partial charge on any atom is -0.355 e. The SMILES string of the molecule is CCC(=O)N1CCCC(c2nc(Nc3cccc(F)c3)cc(-c3cccc(C(=O)NC)c3)n2)C1. The van der Waals surface area contributed by atoms with Crippen molar-refractivity contribution in [3.05, 3.63) is 71.8 Å². The highest BCUT2D eigenvalue weighted by molar-refractivity contribution is 5.95. The summed E-state index contributed by atoms with van der Waals surface area (Å²) in [6.07, 6.45) is 2.21. The lowest BCUT2D eigenvalue weighted by molar-refractivity contribution is -0.132. The van der Waals surface area contributed by atoms with Crippen molar-refractivity contribution in [3.8, 4) is 11.3 Å². The van der Waals surface area contributed by atoms with Gasteiger partial charge in [-0.2, -0.15) is 0 Å². The van der Waals surface area contributed by atoms with E-state index in [1.807, 2.05) is 24.0 Å². The maximum atomic E-state index is 13.7. The number of rotatable bonds is 6. The fourth-order valence-electron chi connectivity index (χ4n) is 4.18. The number of carbonyl (C=O) groups is 2. The van der Waals surface area contributed by atoms with Crippen molar-refractivity contribution in [2.45, 2.75) is 32.1 Å². The van der Waals surface area contributed by atoms with Gasteiger partial charge in [-0.25, -0.2) is 14.4 Å². The first-order valence-electron chi connectivity index (χ1n) is 11.5. The van der Waals surface area contributed by atoms with Crippen LogP contribution in [0.1, 0.15) is 48.3 Å². The Morgan fingerprint density at radius 3 is 2.71 bits per heavy atom. The van der Waals surface area contributed by atoms with Crippen LogP contribution >= 0.6 is 0 Å². The van der Waals surface area contributed by atoms with Crippen molar-refractivity contribution in [2.75, 3.05) is 25.5 Å². The molecular weight excluding hydrogens is 433 g/mol. The van der Waals surface area contributed by atoms with Gasteiger partial charge in [0.25, 0.3) is 5.91 Å². The van der Waals surface area contributed by atoms with Crippen molar-refractivity contribution in [2.24, 2.45) is 0 Å². The lowest BCUT2D eigenvalue weighted by atomic mass is 9.96. The van der Waals surface area contributed by atoms with Crippen LogP contribution in [0.4, 0.5) is 15.9 Å². The van der Waals surface area contributed by atoms with E-state index in [0.29, 0.717) is 41.6 Å². The molecule has 1 fully saturated rings. The molecule has 0 radical (unpaired) electrons. The van der Waals surface area contributed by atoms with E-state index < -0.39 is 0 Å². The molecule has 8 heteroatoms. The van der Waals surface area contributed by atoms with Crippen LogP contribution in [0.3, 0.4) is 0 Å². The van der Waals surface area contributed by atoms with Gasteiger partial charge >= 0.3 is 0 Å². The van der Waals surface area contributed by atoms with Gasteiger partial charge in [-0.05, 0) is 43.2 Å². The molecule has 7 nitrogen and oxygen atoms in total. The average molecular weight is 462 g/mol. The molecule has 1 atom stereocenters. The maximum absolute atomic E-state index is 13.7. The Bertz CT molecular complexity index is 1200. The number of halogens is 1. The Labute approximate surface area is 198 Å². The number of nitrogens with zero attached hydrogens (tertiary/aromatic N) is 3. The number of anilines is 2. The van der Waals surface area contributed by atoms with Crippen LogP contribution in [-0.4, -0.2) is 46.8 Å². The van der Waals surface area contributed by atoms with Crippen molar-refractivity contribution in [3.63, 3.8) is 0 Å². The molecule has 1 aliphatic heterocycles. The largest absolute Gasteiger partial charge is 0.355 e. The maximum Gasteiger partial charge on any atom is 0.251 e. The van der Waals surface area contributed by atoms with Gasteiger partial charge in [0.05, 0.1) is 5.69 Å². The predicted octanol–water partition coefficient (Wildman–Crippen LogP) is 4.50. The molecule has 0 aliphatic carbocycles. The summed E-state index contributed by atoms with van der Waals surface area (Å²) in [5, 5.41) is 5.81. The van der Waals surface area contributed by atoms with Crippen LogP contribution in [0.25, 0.3) is 11.3 Å². The van der Waals surface area contributed by atoms with Crippen LogP contribution in [0.5, 0.6) is 0 Å². The van der Waals surface area contributed by atoms with Gasteiger partial charge in [-0.15, -0.1) is 0 Å². The van der Waals surface area contributed by atoms with Crippen molar-refractivity contribution >= 4 is 23.3 Å². The molecule has 2 aromatic carbocycles. The topological polar surface area (TPSA) is 87.2 Å². The number of hydrogen-bond acceptors (Lipinski definition) is 5. The minimum absolute atomic E-state index is 0.0145. The molecule has 1 unspecified atom stereocenters. The Hall–Kier alpha value is -3.81. The van der Waals surface area contributed by atoms with Crippen molar-refractivity contribution in [1.29, 1.82) is 0 Å². The van der Waals surface area contributed by atoms with E-state index in [1.165, 1.54) is 12.1 Å². The number of aromatic nitrogens is 2. The fraction of sp³-hybridized carbons (Fsp3) is 0.308. The standard InChI is InChI=1S/C26H28FN5O2/c1-3-24(33)32-12-6-9-19(16-32)25-30-22(17-7-4-8-18(13-17)26(34)28-2)15-23(31-25)29-21-11-5-10-20(27)14-21/h4-5,7-8,10-11,13-15,19H,3,6,9,12,16H2,1-2H3,(H,28,34)(H,29,30,31). The molecule has 2 amide bonds. The smallest absolute Gasteiger partial charge is 0.251 e. The van der Waals surface area contributed by atoms with Gasteiger partial charge in [0.15, 0.2) is 0 Å². The number of carbonyl (C=O) groups excluding carboxylic acids is 2. The van der Waals surface area contributed by atoms with E-state index in [-0.39, 0.29) is 23.5 Å². The van der Waals surface area contributed by atoms with E-state index in [2.05, 4.69) is 10.6 Å². The third-order valence-corrected chi connectivity index (χ3v) is 5.93. The molecule has 1 aromatic heterocycles. The lowest BCUT2D eigenvalue weighted by Crippen LogP contribution is -2.39. The van der Waals surface area contributed by atoms with Gasteiger partial charge in [-0.3, -0.25) is 9.59 Å². The zero-order valence-electron chi connectivity index (χ0n) is 19.3. The summed E-state index contributed by atoms with van der Waals surface area (Å²) >= 11 is 0. The van der Waals surface area contributed by atoms with Crippen LogP contribution in [0.2, 0.25) is 0 Å². The predicted molar refractivity (Wildman–Crippen MR) is 129 cm³/mol. The number of likely N-dealkylation sites (tertiary alicyclic amines) is 1. The second-order valence-corrected chi connectivity index (χ2v) is 8.32. The molecule has 3 aromatic rings. The van der Waals surface area contributed by atoms with Crippen LogP contribution in [-0.2, 0) is 4.79 Å². The molecule has 4 rings (SSSR count). The molecule has 0 spiro atoms. The second-order valence-electron chi connectivity index (χ2n) is 8.32. The number of benzene rings is 2. The van der Waals surface area contributed by atoms with E-state index >= 15 is 0 Å². The highest BCUT2D eigenvalue weighted by Gasteiger charge is 2.26. The molecule has 2 heterocycles. The van der Waals surface area contributed by atoms with E-state index in [1.54, 1.807) is 37.4 Å². The van der Waals surface area contributed by atoms with E-state index in [0.717, 1.165) is 24.9 Å². The Morgan fingerprint density at radius 2 is 1.94 bits per heavy atom. The number of amides is 2. The number of piperidine rings is 1. The van der Waals surface area contributed by atoms with Crippen molar-refractivity contribution in [1.82, 2.24) is 20.2 Å². The fourth-order valence-corrected chi connectivity index (χ4v) is 4.18. The Kier molecular flexibility index (Phi) is 7.15. The summed E-state index contributed by atoms with van der Waals surface area (Å²) in [7, 11) is 1.59. The van der Waals surface area contributed by atoms with Gasteiger partial charge in [0, 0.05) is 55.4 Å². The first-order chi connectivity index (χ1) is 16.5. The lowest BCUT2D eigenvalue weighted by Gasteiger charge is -2.32. The normalized spacial score (nSPS) is 15.6. The number of nitrogens with one attached hydrogen (secondary N) is 2. The molecular formula is C26H28FN5O2. The quantitative estimate of drug-likeness (QED) is 0.564. The van der Waals surface area contributed by atoms with E-state index in [4.69, 9.17) is 9.97 Å². The Morgan fingerprint density at radius 1 is 1.12 bits per heavy atom. The van der Waals surface area contributed by atoms with Gasteiger partial charge < -0.3 is 15.5 Å². The summed E-state index contributed by atoms with van der Waals surface area (Å²) < 4.78 is 13.7. The number of hydrogen-bond donors (Lipinski definition) is 2. The minimum atomic E-state index is -0.348. The molecule has 2 N–H and O–H groups in total. The second kappa shape index (κ2) is 10.4. The van der Waals surface area contributed by atoms with Crippen LogP contribution in [0.15, 0.2) is 54.6 Å². The molecule has 0 saturated carbocycles. The summed E-state index contributed by atoms with van der Waals surface area (Å²) in [4.78, 5) is 35.9. The zero-order valence-corrected chi connectivity index (χ0v) is 19.3. The monoisotopic (exact) mass is 461 g/mol. The third-order valence-electron chi connectivity index (χ3n) is 5.93. The summed E-state index contributed by atoms with van der Waals surface area (Å²) in [5.74, 6) is 0.718. The summed E-state index contributed by atoms with van der Waals surface area (Å²) in [6.45, 7) is 3.17. The van der Waals surface area contributed by atoms with Crippen LogP contribution in [0, 0.1) is 5.82 Å². The van der Waals surface area contributed by atoms with Gasteiger partial charge in [-0.1, -0.05) is 25.1 Å². The highest BCUT2D eigenvalue weighted by Crippen LogP contribution is 2.30. The van der Waals surface area contributed by atoms with Crippen LogP contribution < -0.4 is 10.6 Å². The zero-order chi connectivity index (χ0) is 24.1. The molecule has 1 aliphatic rings. The molecule has 176 valence electrons. The third kappa shape index (κ3) is 5.39. The van der Waals surface area contributed by atoms with Gasteiger partial charge in [0.2, 0.25) is 5.91 Å². The first-order valence-corrected chi connectivity index (χ1v) is 11.5. The molecule has 1 saturated heterocycles. The summed E-state index contributed by atoms with van der Waals surface area (Å²) in [6, 6.07) is 15.2. The van der Waals surface area contributed by atoms with Crippen molar-refractivity contribution < 1.29 is 14.0 Å². The average Bonchev–Trinajstić information content (AvgIpc) is 2.87.